The summed E-state index contributed by atoms with van der Waals surface area (Å²) in [5.74, 6) is -1.60. The minimum atomic E-state index is -3.70. The lowest BCUT2D eigenvalue weighted by Crippen LogP contribution is -2.37. The van der Waals surface area contributed by atoms with Crippen molar-refractivity contribution in [2.24, 2.45) is 0 Å². The van der Waals surface area contributed by atoms with Crippen LogP contribution in [-0.2, 0) is 19.6 Å². The first-order valence-electron chi connectivity index (χ1n) is 5.34. The summed E-state index contributed by atoms with van der Waals surface area (Å²) < 4.78 is 42.2. The van der Waals surface area contributed by atoms with Gasteiger partial charge >= 0.3 is 5.97 Å². The maximum Gasteiger partial charge on any atom is 0.326 e. The third-order valence-electron chi connectivity index (χ3n) is 2.39. The molecule has 0 aromatic heterocycles. The van der Waals surface area contributed by atoms with E-state index in [0.717, 1.165) is 23.5 Å². The van der Waals surface area contributed by atoms with Gasteiger partial charge in [0, 0.05) is 0 Å². The fourth-order valence-electron chi connectivity index (χ4n) is 1.33. The maximum atomic E-state index is 13.1. The minimum absolute atomic E-state index is 0.110. The van der Waals surface area contributed by atoms with Crippen LogP contribution in [0.3, 0.4) is 0 Å². The fourth-order valence-corrected chi connectivity index (χ4v) is 2.55. The summed E-state index contributed by atoms with van der Waals surface area (Å²) in [4.78, 5) is 11.3. The van der Waals surface area contributed by atoms with Gasteiger partial charge in [-0.05, 0) is 25.1 Å². The Balaban J connectivity index is 3.23. The van der Waals surface area contributed by atoms with E-state index in [1.807, 2.05) is 0 Å². The first-order valence-corrected chi connectivity index (χ1v) is 7.32. The van der Waals surface area contributed by atoms with Crippen LogP contribution in [0.25, 0.3) is 0 Å². The van der Waals surface area contributed by atoms with Crippen molar-refractivity contribution in [3.8, 4) is 0 Å². The second-order valence-electron chi connectivity index (χ2n) is 3.58. The van der Waals surface area contributed by atoms with Crippen molar-refractivity contribution in [2.75, 3.05) is 23.7 Å². The summed E-state index contributed by atoms with van der Waals surface area (Å²) in [6.07, 6.45) is 0. The Labute approximate surface area is 116 Å². The van der Waals surface area contributed by atoms with E-state index < -0.39 is 28.4 Å². The Morgan fingerprint density at radius 1 is 1.47 bits per heavy atom. The lowest BCUT2D eigenvalue weighted by Gasteiger charge is -2.22. The number of halogens is 2. The van der Waals surface area contributed by atoms with Crippen molar-refractivity contribution in [2.45, 2.75) is 6.92 Å². The molecule has 0 spiro atoms. The molecule has 106 valence electrons. The number of carbonyl (C=O) groups is 1. The predicted molar refractivity (Wildman–Crippen MR) is 70.2 cm³/mol. The molecule has 0 saturated carbocycles. The summed E-state index contributed by atoms with van der Waals surface area (Å²) in [7, 11) is -2.55. The molecule has 0 fully saturated rings. The van der Waals surface area contributed by atoms with E-state index in [4.69, 9.17) is 11.6 Å². The van der Waals surface area contributed by atoms with Crippen molar-refractivity contribution in [3.05, 3.63) is 29.0 Å². The molecule has 0 heterocycles. The molecule has 5 nitrogen and oxygen atoms in total. The molecule has 0 aliphatic heterocycles. The molecule has 0 saturated heterocycles. The van der Waals surface area contributed by atoms with Crippen molar-refractivity contribution in [1.29, 1.82) is 0 Å². The number of benzene rings is 1. The van der Waals surface area contributed by atoms with E-state index in [1.165, 1.54) is 13.0 Å². The minimum Gasteiger partial charge on any atom is -0.468 e. The van der Waals surface area contributed by atoms with Gasteiger partial charge in [0.05, 0.1) is 23.6 Å². The molecule has 0 bridgehead atoms. The van der Waals surface area contributed by atoms with Gasteiger partial charge in [0.1, 0.15) is 12.4 Å². The van der Waals surface area contributed by atoms with Crippen molar-refractivity contribution < 1.29 is 22.3 Å². The molecule has 8 heteroatoms. The number of hydrogen-bond donors (Lipinski definition) is 0. The molecule has 0 radical (unpaired) electrons. The topological polar surface area (TPSA) is 63.7 Å². The van der Waals surface area contributed by atoms with Crippen LogP contribution in [0.15, 0.2) is 18.2 Å². The van der Waals surface area contributed by atoms with Gasteiger partial charge in [-0.25, -0.2) is 12.8 Å². The van der Waals surface area contributed by atoms with Gasteiger partial charge in [0.25, 0.3) is 0 Å². The summed E-state index contributed by atoms with van der Waals surface area (Å²) >= 11 is 5.61. The maximum absolute atomic E-state index is 13.1. The molecule has 0 unspecified atom stereocenters. The van der Waals surface area contributed by atoms with Crippen LogP contribution in [0.4, 0.5) is 10.1 Å². The first-order chi connectivity index (χ1) is 8.81. The third-order valence-corrected chi connectivity index (χ3v) is 4.42. The molecule has 0 N–H and O–H groups in total. The lowest BCUT2D eigenvalue weighted by molar-refractivity contribution is -0.138. The number of nitrogens with zero attached hydrogens (tertiary/aromatic N) is 1. The summed E-state index contributed by atoms with van der Waals surface area (Å²) in [5, 5.41) is -0.223. The van der Waals surface area contributed by atoms with Crippen LogP contribution in [0.2, 0.25) is 5.02 Å². The average molecular weight is 310 g/mol. The summed E-state index contributed by atoms with van der Waals surface area (Å²) in [6.45, 7) is 0.944. The number of ether oxygens (including phenoxy) is 1. The van der Waals surface area contributed by atoms with Crippen LogP contribution >= 0.6 is 11.6 Å². The van der Waals surface area contributed by atoms with Crippen molar-refractivity contribution >= 4 is 33.3 Å². The monoisotopic (exact) mass is 309 g/mol. The largest absolute Gasteiger partial charge is 0.468 e. The van der Waals surface area contributed by atoms with E-state index in [0.29, 0.717) is 0 Å². The second kappa shape index (κ2) is 6.21. The highest BCUT2D eigenvalue weighted by Crippen LogP contribution is 2.24. The summed E-state index contributed by atoms with van der Waals surface area (Å²) in [6, 6.07) is 3.41. The average Bonchev–Trinajstić information content (AvgIpc) is 2.38. The van der Waals surface area contributed by atoms with E-state index in [9.17, 15) is 17.6 Å². The zero-order chi connectivity index (χ0) is 14.6. The van der Waals surface area contributed by atoms with Gasteiger partial charge in [0.2, 0.25) is 10.0 Å². The van der Waals surface area contributed by atoms with E-state index in [1.54, 1.807) is 0 Å². The zero-order valence-corrected chi connectivity index (χ0v) is 12.0. The normalized spacial score (nSPS) is 11.2. The van der Waals surface area contributed by atoms with E-state index >= 15 is 0 Å². The molecule has 0 aliphatic carbocycles. The van der Waals surface area contributed by atoms with Crippen LogP contribution in [0.1, 0.15) is 6.92 Å². The number of sulfonamides is 1. The number of esters is 1. The number of carbonyl (C=O) groups excluding carboxylic acids is 1. The molecule has 1 aromatic rings. The third kappa shape index (κ3) is 3.81. The van der Waals surface area contributed by atoms with Gasteiger partial charge in [-0.1, -0.05) is 11.6 Å². The molecular weight excluding hydrogens is 297 g/mol. The van der Waals surface area contributed by atoms with E-state index in [2.05, 4.69) is 4.74 Å². The van der Waals surface area contributed by atoms with Gasteiger partial charge < -0.3 is 4.74 Å². The smallest absolute Gasteiger partial charge is 0.326 e. The quantitative estimate of drug-likeness (QED) is 0.778. The highest BCUT2D eigenvalue weighted by Gasteiger charge is 2.24. The van der Waals surface area contributed by atoms with Crippen LogP contribution in [-0.4, -0.2) is 33.8 Å². The van der Waals surface area contributed by atoms with Crippen LogP contribution in [0, 0.1) is 5.82 Å². The Kier molecular flexibility index (Phi) is 5.13. The molecule has 19 heavy (non-hydrogen) atoms. The van der Waals surface area contributed by atoms with Crippen molar-refractivity contribution in [3.63, 3.8) is 0 Å². The Morgan fingerprint density at radius 3 is 2.58 bits per heavy atom. The van der Waals surface area contributed by atoms with Gasteiger partial charge in [-0.2, -0.15) is 0 Å². The second-order valence-corrected chi connectivity index (χ2v) is 6.17. The highest BCUT2D eigenvalue weighted by molar-refractivity contribution is 7.92. The molecule has 1 rings (SSSR count). The first kappa shape index (κ1) is 15.7. The lowest BCUT2D eigenvalue weighted by atomic mass is 10.3. The SMILES string of the molecule is CCS(=O)(=O)N(CC(=O)OC)c1ccc(F)c(Cl)c1. The molecule has 0 amide bonds. The molecular formula is C11H13ClFNO4S. The fraction of sp³-hybridized carbons (Fsp3) is 0.364. The van der Waals surface area contributed by atoms with Gasteiger partial charge in [-0.3, -0.25) is 9.10 Å². The van der Waals surface area contributed by atoms with Crippen molar-refractivity contribution in [1.82, 2.24) is 0 Å². The summed E-state index contributed by atoms with van der Waals surface area (Å²) in [5.41, 5.74) is 0.110. The van der Waals surface area contributed by atoms with E-state index in [-0.39, 0.29) is 16.5 Å². The van der Waals surface area contributed by atoms with Gasteiger partial charge in [0.15, 0.2) is 0 Å². The number of methoxy groups -OCH3 is 1. The molecule has 0 aliphatic rings. The van der Waals surface area contributed by atoms with Gasteiger partial charge in [-0.15, -0.1) is 0 Å². The Bertz CT molecular complexity index is 576. The number of hydrogen-bond acceptors (Lipinski definition) is 4. The standard InChI is InChI=1S/C11H13ClFNO4S/c1-3-19(16,17)14(7-11(15)18-2)8-4-5-10(13)9(12)6-8/h4-6H,3,7H2,1-2H3. The number of anilines is 1. The Morgan fingerprint density at radius 2 is 2.11 bits per heavy atom. The zero-order valence-electron chi connectivity index (χ0n) is 10.4. The predicted octanol–water partition coefficient (Wildman–Crippen LogP) is 1.81. The Hall–Kier alpha value is -1.34. The molecule has 0 atom stereocenters. The molecule has 1 aromatic carbocycles. The number of rotatable bonds is 5. The van der Waals surface area contributed by atoms with Crippen LogP contribution in [0.5, 0.6) is 0 Å². The highest BCUT2D eigenvalue weighted by atomic mass is 35.5. The van der Waals surface area contributed by atoms with Crippen LogP contribution < -0.4 is 4.31 Å².